The lowest BCUT2D eigenvalue weighted by atomic mass is 10.0. The van der Waals surface area contributed by atoms with Crippen LogP contribution in [0.5, 0.6) is 0 Å². The molecule has 152 valence electrons. The van der Waals surface area contributed by atoms with E-state index in [2.05, 4.69) is 42.3 Å². The number of thiazole rings is 1. The highest BCUT2D eigenvalue weighted by atomic mass is 35.5. The molecular weight excluding hydrogens is 426 g/mol. The van der Waals surface area contributed by atoms with E-state index >= 15 is 0 Å². The molecule has 0 atom stereocenters. The van der Waals surface area contributed by atoms with Gasteiger partial charge in [0.05, 0.1) is 10.7 Å². The third-order valence-corrected chi connectivity index (χ3v) is 8.42. The minimum absolute atomic E-state index is 0.168. The van der Waals surface area contributed by atoms with Crippen LogP contribution >= 0.6 is 22.9 Å². The second-order valence-corrected chi connectivity index (χ2v) is 10.3. The van der Waals surface area contributed by atoms with Crippen LogP contribution in [0.4, 0.5) is 5.13 Å². The number of hydrogen-bond acceptors (Lipinski definition) is 5. The van der Waals surface area contributed by atoms with Gasteiger partial charge in [-0.05, 0) is 37.6 Å². The summed E-state index contributed by atoms with van der Waals surface area (Å²) in [5.74, 6) is 0. The number of nitrogens with zero attached hydrogens (tertiary/aromatic N) is 3. The van der Waals surface area contributed by atoms with Gasteiger partial charge in [0.15, 0.2) is 5.13 Å². The van der Waals surface area contributed by atoms with Gasteiger partial charge in [0.25, 0.3) is 0 Å². The minimum atomic E-state index is -3.59. The van der Waals surface area contributed by atoms with Crippen molar-refractivity contribution in [3.63, 3.8) is 0 Å². The fourth-order valence-corrected chi connectivity index (χ4v) is 6.25. The van der Waals surface area contributed by atoms with E-state index in [1.807, 2.05) is 0 Å². The maximum atomic E-state index is 12.9. The molecule has 1 aromatic heterocycles. The maximum absolute atomic E-state index is 12.9. The molecule has 0 spiro atoms. The molecule has 1 fully saturated rings. The average molecular weight is 448 g/mol. The summed E-state index contributed by atoms with van der Waals surface area (Å²) >= 11 is 7.71. The number of rotatable bonds is 4. The van der Waals surface area contributed by atoms with Gasteiger partial charge in [-0.1, -0.05) is 41.4 Å². The van der Waals surface area contributed by atoms with Gasteiger partial charge in [0.1, 0.15) is 4.90 Å². The van der Waals surface area contributed by atoms with Crippen molar-refractivity contribution in [2.24, 2.45) is 0 Å². The molecule has 5 nitrogen and oxygen atoms in total. The molecule has 0 unspecified atom stereocenters. The highest BCUT2D eigenvalue weighted by Gasteiger charge is 2.30. The van der Waals surface area contributed by atoms with E-state index in [1.165, 1.54) is 15.4 Å². The second-order valence-electron chi connectivity index (χ2n) is 7.16. The highest BCUT2D eigenvalue weighted by molar-refractivity contribution is 7.89. The number of halogens is 1. The standard InChI is InChI=1S/C21H22ClN3O2S2/c1-15-7-8-16(2)17(13-15)19-14-28-21(23-19)24-9-11-25(12-10-24)29(26,27)20-6-4-3-5-18(20)22/h3-8,13-14H,9-12H2,1-2H3. The predicted octanol–water partition coefficient (Wildman–Crippen LogP) is 4.59. The Bertz CT molecular complexity index is 1140. The largest absolute Gasteiger partial charge is 0.345 e. The van der Waals surface area contributed by atoms with Crippen LogP contribution in [0.15, 0.2) is 52.7 Å². The molecule has 1 aliphatic rings. The van der Waals surface area contributed by atoms with Gasteiger partial charge in [-0.2, -0.15) is 4.31 Å². The van der Waals surface area contributed by atoms with Crippen LogP contribution in [0.3, 0.4) is 0 Å². The number of sulfonamides is 1. The third kappa shape index (κ3) is 4.05. The first-order valence-corrected chi connectivity index (χ1v) is 12.1. The van der Waals surface area contributed by atoms with Crippen LogP contribution in [0.2, 0.25) is 5.02 Å². The number of aromatic nitrogens is 1. The molecule has 0 N–H and O–H groups in total. The molecule has 3 aromatic rings. The summed E-state index contributed by atoms with van der Waals surface area (Å²) in [6, 6.07) is 13.0. The molecule has 1 saturated heterocycles. The molecule has 1 aliphatic heterocycles. The number of aryl methyl sites for hydroxylation is 2. The monoisotopic (exact) mass is 447 g/mol. The van der Waals surface area contributed by atoms with Gasteiger partial charge >= 0.3 is 0 Å². The number of hydrogen-bond donors (Lipinski definition) is 0. The number of piperazine rings is 1. The summed E-state index contributed by atoms with van der Waals surface area (Å²) < 4.78 is 27.3. The van der Waals surface area contributed by atoms with E-state index in [9.17, 15) is 8.42 Å². The molecule has 29 heavy (non-hydrogen) atoms. The molecule has 4 rings (SSSR count). The van der Waals surface area contributed by atoms with Crippen LogP contribution in [-0.4, -0.2) is 43.9 Å². The van der Waals surface area contributed by atoms with E-state index < -0.39 is 10.0 Å². The Morgan fingerprint density at radius 1 is 1.03 bits per heavy atom. The lowest BCUT2D eigenvalue weighted by Gasteiger charge is -2.33. The first-order chi connectivity index (χ1) is 13.9. The first-order valence-electron chi connectivity index (χ1n) is 9.39. The smallest absolute Gasteiger partial charge is 0.244 e. The first kappa shape index (κ1) is 20.3. The van der Waals surface area contributed by atoms with Crippen molar-refractivity contribution in [3.8, 4) is 11.3 Å². The maximum Gasteiger partial charge on any atom is 0.244 e. The van der Waals surface area contributed by atoms with Crippen molar-refractivity contribution < 1.29 is 8.42 Å². The third-order valence-electron chi connectivity index (χ3n) is 5.12. The van der Waals surface area contributed by atoms with E-state index in [0.717, 1.165) is 16.4 Å². The van der Waals surface area contributed by atoms with E-state index in [4.69, 9.17) is 16.6 Å². The van der Waals surface area contributed by atoms with Crippen molar-refractivity contribution in [1.29, 1.82) is 0 Å². The van der Waals surface area contributed by atoms with Crippen molar-refractivity contribution in [1.82, 2.24) is 9.29 Å². The predicted molar refractivity (Wildman–Crippen MR) is 119 cm³/mol. The van der Waals surface area contributed by atoms with Gasteiger partial charge < -0.3 is 4.90 Å². The fourth-order valence-electron chi connectivity index (χ4n) is 3.46. The normalized spacial score (nSPS) is 15.6. The second kappa shape index (κ2) is 8.07. The Morgan fingerprint density at radius 3 is 2.48 bits per heavy atom. The summed E-state index contributed by atoms with van der Waals surface area (Å²) in [7, 11) is -3.59. The lowest BCUT2D eigenvalue weighted by molar-refractivity contribution is 0.385. The topological polar surface area (TPSA) is 53.5 Å². The van der Waals surface area contributed by atoms with Crippen LogP contribution < -0.4 is 4.90 Å². The molecule has 2 heterocycles. The molecule has 8 heteroatoms. The van der Waals surface area contributed by atoms with Crippen LogP contribution in [0, 0.1) is 13.8 Å². The molecule has 0 saturated carbocycles. The molecular formula is C21H22ClN3O2S2. The van der Waals surface area contributed by atoms with Crippen molar-refractivity contribution in [3.05, 3.63) is 64.0 Å². The Kier molecular flexibility index (Phi) is 5.66. The summed E-state index contributed by atoms with van der Waals surface area (Å²) in [4.78, 5) is 7.14. The average Bonchev–Trinajstić information content (AvgIpc) is 3.20. The zero-order valence-electron chi connectivity index (χ0n) is 16.3. The lowest BCUT2D eigenvalue weighted by Crippen LogP contribution is -2.48. The number of anilines is 1. The zero-order chi connectivity index (χ0) is 20.6. The molecule has 0 amide bonds. The molecule has 2 aromatic carbocycles. The van der Waals surface area contributed by atoms with E-state index in [1.54, 1.807) is 35.6 Å². The van der Waals surface area contributed by atoms with Gasteiger partial charge in [-0.3, -0.25) is 0 Å². The van der Waals surface area contributed by atoms with E-state index in [0.29, 0.717) is 26.2 Å². The number of benzene rings is 2. The Labute approximate surface area is 180 Å². The van der Waals surface area contributed by atoms with E-state index in [-0.39, 0.29) is 9.92 Å². The summed E-state index contributed by atoms with van der Waals surface area (Å²) in [5.41, 5.74) is 4.52. The molecule has 0 radical (unpaired) electrons. The Hall–Kier alpha value is -1.93. The van der Waals surface area contributed by atoms with Crippen molar-refractivity contribution in [2.45, 2.75) is 18.7 Å². The fraction of sp³-hybridized carbons (Fsp3) is 0.286. The van der Waals surface area contributed by atoms with Gasteiger partial charge in [-0.25, -0.2) is 13.4 Å². The quantitative estimate of drug-likeness (QED) is 0.586. The summed E-state index contributed by atoms with van der Waals surface area (Å²) in [6.07, 6.45) is 0. The zero-order valence-corrected chi connectivity index (χ0v) is 18.7. The van der Waals surface area contributed by atoms with Crippen LogP contribution in [-0.2, 0) is 10.0 Å². The summed E-state index contributed by atoms with van der Waals surface area (Å²) in [5, 5.41) is 3.26. The van der Waals surface area contributed by atoms with Crippen molar-refractivity contribution in [2.75, 3.05) is 31.1 Å². The Balaban J connectivity index is 1.49. The van der Waals surface area contributed by atoms with Gasteiger partial charge in [0.2, 0.25) is 10.0 Å². The summed E-state index contributed by atoms with van der Waals surface area (Å²) in [6.45, 7) is 6.19. The van der Waals surface area contributed by atoms with Crippen LogP contribution in [0.1, 0.15) is 11.1 Å². The van der Waals surface area contributed by atoms with Gasteiger partial charge in [0, 0.05) is 37.1 Å². The SMILES string of the molecule is Cc1ccc(C)c(-c2csc(N3CCN(S(=O)(=O)c4ccccc4Cl)CC3)n2)c1. The highest BCUT2D eigenvalue weighted by Crippen LogP contribution is 2.31. The van der Waals surface area contributed by atoms with Crippen molar-refractivity contribution >= 4 is 38.1 Å². The van der Waals surface area contributed by atoms with Crippen LogP contribution in [0.25, 0.3) is 11.3 Å². The van der Waals surface area contributed by atoms with Gasteiger partial charge in [-0.15, -0.1) is 11.3 Å². The molecule has 0 aliphatic carbocycles. The minimum Gasteiger partial charge on any atom is -0.345 e. The molecule has 0 bridgehead atoms. The Morgan fingerprint density at radius 2 is 1.76 bits per heavy atom.